The Labute approximate surface area is 205 Å². The molecule has 0 aliphatic carbocycles. The summed E-state index contributed by atoms with van der Waals surface area (Å²) >= 11 is 0. The molecule has 14 heteroatoms. The molecule has 0 saturated heterocycles. The van der Waals surface area contributed by atoms with Crippen LogP contribution < -0.4 is 10.1 Å². The van der Waals surface area contributed by atoms with Gasteiger partial charge in [0, 0.05) is 24.4 Å². The van der Waals surface area contributed by atoms with E-state index in [0.29, 0.717) is 19.0 Å². The van der Waals surface area contributed by atoms with Gasteiger partial charge in [-0.1, -0.05) is 33.1 Å². The highest BCUT2D eigenvalue weighted by Gasteiger charge is 2.31. The number of amides is 1. The Morgan fingerprint density at radius 2 is 1.94 bits per heavy atom. The van der Waals surface area contributed by atoms with Crippen molar-refractivity contribution in [3.63, 3.8) is 0 Å². The van der Waals surface area contributed by atoms with Crippen LogP contribution in [0, 0.1) is 10.1 Å². The van der Waals surface area contributed by atoms with Crippen molar-refractivity contribution in [2.24, 2.45) is 0 Å². The van der Waals surface area contributed by atoms with Gasteiger partial charge in [-0.15, -0.1) is 0 Å². The van der Waals surface area contributed by atoms with Crippen LogP contribution in [0.25, 0.3) is 0 Å². The fourth-order valence-electron chi connectivity index (χ4n) is 3.19. The molecular weight excluding hydrogens is 506 g/mol. The maximum atomic E-state index is 12.7. The molecule has 0 aliphatic heterocycles. The first kappa shape index (κ1) is 29.2. The van der Waals surface area contributed by atoms with Crippen LogP contribution in [0.5, 0.6) is 11.6 Å². The lowest BCUT2D eigenvalue weighted by atomic mass is 10.1. The number of hydrogen-bond acceptors (Lipinski definition) is 7. The first-order chi connectivity index (χ1) is 16.9. The second-order valence-corrected chi connectivity index (χ2v) is 9.68. The third-order valence-corrected chi connectivity index (χ3v) is 6.12. The highest BCUT2D eigenvalue weighted by molar-refractivity contribution is 7.52. The number of nitrogens with one attached hydrogen (secondary N) is 1. The number of nitrogens with zero attached hydrogens (tertiary/aromatic N) is 2. The van der Waals surface area contributed by atoms with Crippen molar-refractivity contribution in [2.45, 2.75) is 58.2 Å². The molecule has 0 bridgehead atoms. The second kappa shape index (κ2) is 12.8. The Bertz CT molecular complexity index is 1100. The van der Waals surface area contributed by atoms with E-state index in [1.54, 1.807) is 0 Å². The number of nitro benzene ring substituents is 1. The number of benzene rings is 1. The van der Waals surface area contributed by atoms with Crippen LogP contribution in [-0.2, 0) is 15.3 Å². The molecule has 198 valence electrons. The Kier molecular flexibility index (Phi) is 10.4. The molecule has 0 fully saturated rings. The molecule has 2 aromatic rings. The van der Waals surface area contributed by atoms with Gasteiger partial charge in [-0.2, -0.15) is 13.2 Å². The molecule has 0 radical (unpaired) electrons. The van der Waals surface area contributed by atoms with Crippen molar-refractivity contribution in [3.05, 3.63) is 57.8 Å². The predicted molar refractivity (Wildman–Crippen MR) is 124 cm³/mol. The van der Waals surface area contributed by atoms with Gasteiger partial charge in [0.25, 0.3) is 11.6 Å². The third kappa shape index (κ3) is 8.89. The van der Waals surface area contributed by atoms with Gasteiger partial charge in [-0.05, 0) is 25.0 Å². The number of aromatic nitrogens is 1. The molecule has 1 aromatic carbocycles. The van der Waals surface area contributed by atoms with E-state index in [9.17, 15) is 37.5 Å². The monoisotopic (exact) mass is 533 g/mol. The van der Waals surface area contributed by atoms with Crippen LogP contribution in [0.3, 0.4) is 0 Å². The lowest BCUT2D eigenvalue weighted by Gasteiger charge is -2.21. The minimum absolute atomic E-state index is 0.121. The fourth-order valence-corrected chi connectivity index (χ4v) is 4.28. The first-order valence-electron chi connectivity index (χ1n) is 11.1. The standard InChI is InChI=1S/C22H27F3N3O7P/c1-3-5-7-16(6-4-2)35-36(32,33)14-27-21(29)18-12-17(9-10-19(18)28(30)31)34-20-11-8-15(13-26-20)22(23,24)25/h8-13,16H,3-7,14H2,1-2H3,(H,27,29)(H,32,33). The number of unbranched alkanes of at least 4 members (excludes halogenated alkanes) is 1. The first-order valence-corrected chi connectivity index (χ1v) is 12.9. The normalized spacial score (nSPS) is 14.1. The number of hydrogen-bond donors (Lipinski definition) is 2. The Morgan fingerprint density at radius 3 is 2.50 bits per heavy atom. The topological polar surface area (TPSA) is 141 Å². The van der Waals surface area contributed by atoms with E-state index in [-0.39, 0.29) is 11.6 Å². The van der Waals surface area contributed by atoms with Crippen molar-refractivity contribution in [2.75, 3.05) is 6.29 Å². The number of carbonyl (C=O) groups is 1. The average molecular weight is 533 g/mol. The van der Waals surface area contributed by atoms with Crippen molar-refractivity contribution in [3.8, 4) is 11.6 Å². The van der Waals surface area contributed by atoms with Gasteiger partial charge >= 0.3 is 13.8 Å². The number of halogens is 3. The van der Waals surface area contributed by atoms with E-state index in [2.05, 4.69) is 10.3 Å². The zero-order chi connectivity index (χ0) is 26.9. The molecule has 2 unspecified atom stereocenters. The maximum Gasteiger partial charge on any atom is 0.417 e. The van der Waals surface area contributed by atoms with Gasteiger partial charge in [0.15, 0.2) is 0 Å². The number of carbonyl (C=O) groups excluding carboxylic acids is 1. The van der Waals surface area contributed by atoms with E-state index >= 15 is 0 Å². The minimum atomic E-state index is -4.59. The largest absolute Gasteiger partial charge is 0.439 e. The van der Waals surface area contributed by atoms with Gasteiger partial charge in [0.2, 0.25) is 5.88 Å². The van der Waals surface area contributed by atoms with E-state index in [1.807, 2.05) is 13.8 Å². The fraction of sp³-hybridized carbons (Fsp3) is 0.455. The smallest absolute Gasteiger partial charge is 0.417 e. The summed E-state index contributed by atoms with van der Waals surface area (Å²) in [6, 6.07) is 4.78. The van der Waals surface area contributed by atoms with Gasteiger partial charge in [-0.3, -0.25) is 19.5 Å². The molecule has 2 atom stereocenters. The Hall–Kier alpha value is -3.02. The predicted octanol–water partition coefficient (Wildman–Crippen LogP) is 6.05. The zero-order valence-corrected chi connectivity index (χ0v) is 20.6. The lowest BCUT2D eigenvalue weighted by molar-refractivity contribution is -0.385. The summed E-state index contributed by atoms with van der Waals surface area (Å²) in [5.74, 6) is -1.40. The summed E-state index contributed by atoms with van der Waals surface area (Å²) < 4.78 is 61.2. The average Bonchev–Trinajstić information content (AvgIpc) is 2.80. The summed E-state index contributed by atoms with van der Waals surface area (Å²) in [7, 11) is -4.25. The molecule has 1 amide bonds. The lowest BCUT2D eigenvalue weighted by Crippen LogP contribution is -2.27. The molecule has 0 saturated carbocycles. The Morgan fingerprint density at radius 1 is 1.22 bits per heavy atom. The Balaban J connectivity index is 2.16. The molecule has 0 aliphatic rings. The summed E-state index contributed by atoms with van der Waals surface area (Å²) in [4.78, 5) is 36.9. The van der Waals surface area contributed by atoms with Crippen LogP contribution >= 0.6 is 7.60 Å². The van der Waals surface area contributed by atoms with Gasteiger partial charge in [0.1, 0.15) is 17.6 Å². The highest BCUT2D eigenvalue weighted by atomic mass is 31.2. The van der Waals surface area contributed by atoms with E-state index in [0.717, 1.165) is 49.6 Å². The summed E-state index contributed by atoms with van der Waals surface area (Å²) in [5, 5.41) is 13.6. The number of rotatable bonds is 13. The summed E-state index contributed by atoms with van der Waals surface area (Å²) in [5.41, 5.74) is -2.09. The van der Waals surface area contributed by atoms with Gasteiger partial charge < -0.3 is 19.5 Å². The zero-order valence-electron chi connectivity index (χ0n) is 19.7. The van der Waals surface area contributed by atoms with E-state index in [1.165, 1.54) is 0 Å². The molecule has 10 nitrogen and oxygen atoms in total. The second-order valence-electron chi connectivity index (χ2n) is 7.88. The van der Waals surface area contributed by atoms with Crippen molar-refractivity contribution in [1.29, 1.82) is 0 Å². The number of nitro groups is 1. The molecule has 2 rings (SSSR count). The number of alkyl halides is 3. The van der Waals surface area contributed by atoms with Crippen LogP contribution in [0.1, 0.15) is 61.9 Å². The molecule has 1 aromatic heterocycles. The van der Waals surface area contributed by atoms with E-state index < -0.39 is 53.8 Å². The SMILES string of the molecule is CCCCC(CCC)OP(=O)(O)CNC(=O)c1cc(Oc2ccc(C(F)(F)F)cn2)ccc1[N+](=O)[O-]. The third-order valence-electron chi connectivity index (χ3n) is 4.94. The molecule has 2 N–H and O–H groups in total. The van der Waals surface area contributed by atoms with Gasteiger partial charge in [0.05, 0.1) is 16.6 Å². The van der Waals surface area contributed by atoms with Gasteiger partial charge in [-0.25, -0.2) is 4.98 Å². The quantitative estimate of drug-likeness (QED) is 0.180. The molecule has 36 heavy (non-hydrogen) atoms. The summed E-state index contributed by atoms with van der Waals surface area (Å²) in [6.07, 6.45) is -1.75. The van der Waals surface area contributed by atoms with E-state index in [4.69, 9.17) is 9.26 Å². The van der Waals surface area contributed by atoms with Crippen molar-refractivity contribution < 1.29 is 41.6 Å². The minimum Gasteiger partial charge on any atom is -0.439 e. The number of ether oxygens (including phenoxy) is 1. The number of pyridine rings is 1. The van der Waals surface area contributed by atoms with Crippen LogP contribution in [0.15, 0.2) is 36.5 Å². The molecule has 0 spiro atoms. The van der Waals surface area contributed by atoms with Crippen molar-refractivity contribution in [1.82, 2.24) is 10.3 Å². The van der Waals surface area contributed by atoms with Crippen LogP contribution in [-0.4, -0.2) is 33.1 Å². The van der Waals surface area contributed by atoms with Crippen LogP contribution in [0.4, 0.5) is 18.9 Å². The van der Waals surface area contributed by atoms with Crippen LogP contribution in [0.2, 0.25) is 0 Å². The molecule has 1 heterocycles. The molecular formula is C22H27F3N3O7P. The highest BCUT2D eigenvalue weighted by Crippen LogP contribution is 2.43. The summed E-state index contributed by atoms with van der Waals surface area (Å²) in [6.45, 7) is 3.88. The maximum absolute atomic E-state index is 12.7. The van der Waals surface area contributed by atoms with Crippen molar-refractivity contribution >= 4 is 19.2 Å².